The Kier molecular flexibility index (Phi) is 9.84. The lowest BCUT2D eigenvalue weighted by molar-refractivity contribution is 0.590. The van der Waals surface area contributed by atoms with Crippen molar-refractivity contribution in [2.24, 2.45) is 0 Å². The highest BCUT2D eigenvalue weighted by molar-refractivity contribution is 7.00. The van der Waals surface area contributed by atoms with Crippen molar-refractivity contribution in [3.8, 4) is 44.5 Å². The van der Waals surface area contributed by atoms with Crippen molar-refractivity contribution in [1.82, 2.24) is 0 Å². The number of benzene rings is 9. The number of nitrogens with zero attached hydrogens (tertiary/aromatic N) is 2. The van der Waals surface area contributed by atoms with Gasteiger partial charge in [0.15, 0.2) is 0 Å². The molecular formula is C66H59BCl2N2. The van der Waals surface area contributed by atoms with E-state index in [1.165, 1.54) is 0 Å². The zero-order valence-corrected chi connectivity index (χ0v) is 43.3. The molecule has 0 radical (unpaired) electrons. The van der Waals surface area contributed by atoms with Gasteiger partial charge in [-0.1, -0.05) is 219 Å². The molecule has 0 unspecified atom stereocenters. The van der Waals surface area contributed by atoms with Gasteiger partial charge in [-0.3, -0.25) is 0 Å². The summed E-state index contributed by atoms with van der Waals surface area (Å²) in [5.74, 6) is 0. The van der Waals surface area contributed by atoms with E-state index in [1.807, 2.05) is 72.8 Å². The maximum atomic E-state index is 10.3. The number of hydrogen-bond donors (Lipinski definition) is 0. The molecule has 2 aliphatic heterocycles. The summed E-state index contributed by atoms with van der Waals surface area (Å²) in [6.07, 6.45) is 0. The molecule has 9 aromatic carbocycles. The summed E-state index contributed by atoms with van der Waals surface area (Å²) in [4.78, 5) is 4.24. The van der Waals surface area contributed by atoms with Gasteiger partial charge in [0, 0.05) is 55.0 Å². The second kappa shape index (κ2) is 17.5. The van der Waals surface area contributed by atoms with Crippen molar-refractivity contribution in [2.75, 3.05) is 9.80 Å². The molecule has 2 heterocycles. The highest BCUT2D eigenvalue weighted by atomic mass is 35.5. The topological polar surface area (TPSA) is 6.48 Å². The standard InChI is InChI=1S/C66H59BCl2N2/c1-64(2,3)46-34-51(42-22-14-10-15-23-42)62(52(35-46)43-24-16-11-17-25-43)70-57-40-49(68)30-32-55(57)67-56-33-31-50(69)41-58(56)71(60-39-48(66(7,8)9)38-59(70)61(60)67)63-53(44-26-18-12-19-27-44)36-47(65(4,5)6)37-54(63)45-28-20-13-21-29-45/h10-41H,1-9H3/i30D,31D,32D,33D,40D,41D. The van der Waals surface area contributed by atoms with Gasteiger partial charge in [0.2, 0.25) is 0 Å². The van der Waals surface area contributed by atoms with Gasteiger partial charge in [0.05, 0.1) is 19.6 Å². The zero-order valence-electron chi connectivity index (χ0n) is 47.7. The minimum atomic E-state index is -1.04. The SMILES string of the molecule is [2H]c1c([2H])c2c(c([2H])c1Cl)N(c1c(-c3ccccc3)cc(C(C)(C)C)cc1-c1ccccc1)c1cc(C(C)(C)C)cc3c1B2c1c([2H])c([2H])c(Cl)c([2H])c1N3c1c(-c2ccccc2)cc(C(C)(C)C)cc1-c1ccccc1. The first kappa shape index (κ1) is 39.9. The van der Waals surface area contributed by atoms with E-state index in [4.69, 9.17) is 23.2 Å². The van der Waals surface area contributed by atoms with Crippen molar-refractivity contribution in [2.45, 2.75) is 78.6 Å². The Bertz CT molecular complexity index is 3490. The maximum absolute atomic E-state index is 10.3. The highest BCUT2D eigenvalue weighted by Gasteiger charge is 2.46. The van der Waals surface area contributed by atoms with Crippen LogP contribution in [0.15, 0.2) is 194 Å². The quantitative estimate of drug-likeness (QED) is 0.153. The molecule has 0 aromatic heterocycles. The first-order valence-corrected chi connectivity index (χ1v) is 25.2. The summed E-state index contributed by atoms with van der Waals surface area (Å²) in [5, 5.41) is -0.353. The number of anilines is 6. The van der Waals surface area contributed by atoms with Gasteiger partial charge < -0.3 is 9.80 Å². The highest BCUT2D eigenvalue weighted by Crippen LogP contribution is 2.55. The van der Waals surface area contributed by atoms with Gasteiger partial charge in [-0.25, -0.2) is 0 Å². The van der Waals surface area contributed by atoms with Crippen LogP contribution in [0.3, 0.4) is 0 Å². The second-order valence-electron chi connectivity index (χ2n) is 22.0. The van der Waals surface area contributed by atoms with Gasteiger partial charge in [0.25, 0.3) is 6.71 Å². The first-order chi connectivity index (χ1) is 36.5. The molecule has 0 saturated heterocycles. The Balaban J connectivity index is 1.42. The van der Waals surface area contributed by atoms with Crippen molar-refractivity contribution >= 4 is 80.4 Å². The molecule has 9 aromatic rings. The van der Waals surface area contributed by atoms with Crippen LogP contribution in [0.1, 0.15) is 87.2 Å². The van der Waals surface area contributed by atoms with Crippen LogP contribution in [0.2, 0.25) is 10.0 Å². The molecule has 0 aliphatic carbocycles. The van der Waals surface area contributed by atoms with E-state index in [1.54, 1.807) is 0 Å². The Morgan fingerprint density at radius 1 is 0.380 bits per heavy atom. The summed E-state index contributed by atoms with van der Waals surface area (Å²) < 4.78 is 60.0. The van der Waals surface area contributed by atoms with Crippen LogP contribution < -0.4 is 26.2 Å². The van der Waals surface area contributed by atoms with E-state index in [9.17, 15) is 8.22 Å². The van der Waals surface area contributed by atoms with Crippen LogP contribution in [0.4, 0.5) is 34.1 Å². The zero-order chi connectivity index (χ0) is 54.8. The fourth-order valence-corrected chi connectivity index (χ4v) is 10.6. The van der Waals surface area contributed by atoms with Crippen molar-refractivity contribution in [3.63, 3.8) is 0 Å². The number of fused-ring (bicyclic) bond motifs is 4. The van der Waals surface area contributed by atoms with E-state index >= 15 is 0 Å². The van der Waals surface area contributed by atoms with Crippen LogP contribution in [0, 0.1) is 0 Å². The predicted molar refractivity (Wildman–Crippen MR) is 308 cm³/mol. The average Bonchev–Trinajstić information content (AvgIpc) is 3.54. The number of halogens is 2. The number of rotatable bonds is 6. The molecule has 2 aliphatic rings. The molecule has 5 heteroatoms. The molecule has 0 atom stereocenters. The second-order valence-corrected chi connectivity index (χ2v) is 22.7. The van der Waals surface area contributed by atoms with Crippen LogP contribution in [-0.2, 0) is 16.2 Å². The van der Waals surface area contributed by atoms with Gasteiger partial charge in [-0.15, -0.1) is 0 Å². The summed E-state index contributed by atoms with van der Waals surface area (Å²) in [7, 11) is 0. The van der Waals surface area contributed by atoms with Crippen molar-refractivity contribution in [3.05, 3.63) is 221 Å². The third-order valence-electron chi connectivity index (χ3n) is 14.1. The van der Waals surface area contributed by atoms with E-state index in [2.05, 4.69) is 157 Å². The van der Waals surface area contributed by atoms with Gasteiger partial charge >= 0.3 is 0 Å². The van der Waals surface area contributed by atoms with Crippen LogP contribution in [0.25, 0.3) is 44.5 Å². The maximum Gasteiger partial charge on any atom is 0.252 e. The molecule has 11 rings (SSSR count). The summed E-state index contributed by atoms with van der Waals surface area (Å²) in [6.45, 7) is 18.7. The summed E-state index contributed by atoms with van der Waals surface area (Å²) >= 11 is 14.4. The Hall–Kier alpha value is -6.78. The monoisotopic (exact) mass is 966 g/mol. The smallest absolute Gasteiger partial charge is 0.252 e. The van der Waals surface area contributed by atoms with Gasteiger partial charge in [-0.05, 0) is 132 Å². The third kappa shape index (κ3) is 8.28. The minimum Gasteiger partial charge on any atom is -0.310 e. The molecule has 71 heavy (non-hydrogen) atoms. The molecule has 0 amide bonds. The third-order valence-corrected chi connectivity index (χ3v) is 14.5. The van der Waals surface area contributed by atoms with Gasteiger partial charge in [0.1, 0.15) is 0 Å². The van der Waals surface area contributed by atoms with E-state index < -0.39 is 12.1 Å². The predicted octanol–water partition coefficient (Wildman–Crippen LogP) is 17.6. The number of hydrogen-bond acceptors (Lipinski definition) is 2. The van der Waals surface area contributed by atoms with Crippen molar-refractivity contribution in [1.29, 1.82) is 0 Å². The molecule has 0 fully saturated rings. The Morgan fingerprint density at radius 3 is 0.944 bits per heavy atom. The lowest BCUT2D eigenvalue weighted by Crippen LogP contribution is -2.61. The Morgan fingerprint density at radius 2 is 0.662 bits per heavy atom. The van der Waals surface area contributed by atoms with E-state index in [0.29, 0.717) is 28.2 Å². The molecule has 0 N–H and O–H groups in total. The lowest BCUT2D eigenvalue weighted by atomic mass is 9.33. The lowest BCUT2D eigenvalue weighted by Gasteiger charge is -2.46. The summed E-state index contributed by atoms with van der Waals surface area (Å²) in [5.41, 5.74) is 14.0. The fraction of sp³-hybridized carbons (Fsp3) is 0.182. The van der Waals surface area contributed by atoms with Gasteiger partial charge in [-0.2, -0.15) is 0 Å². The molecule has 350 valence electrons. The van der Waals surface area contributed by atoms with Crippen molar-refractivity contribution < 1.29 is 8.22 Å². The average molecular weight is 968 g/mol. The molecule has 0 saturated carbocycles. The minimum absolute atomic E-state index is 0.147. The molecule has 0 bridgehead atoms. The molecular weight excluding hydrogens is 902 g/mol. The fourth-order valence-electron chi connectivity index (χ4n) is 10.4. The molecule has 0 spiro atoms. The van der Waals surface area contributed by atoms with E-state index in [0.717, 1.165) is 72.6 Å². The summed E-state index contributed by atoms with van der Waals surface area (Å²) in [6, 6.07) is 53.0. The van der Waals surface area contributed by atoms with Crippen LogP contribution in [0.5, 0.6) is 0 Å². The first-order valence-electron chi connectivity index (χ1n) is 27.4. The molecule has 2 nitrogen and oxygen atoms in total. The van der Waals surface area contributed by atoms with Crippen LogP contribution >= 0.6 is 23.2 Å². The largest absolute Gasteiger partial charge is 0.310 e. The Labute approximate surface area is 440 Å². The van der Waals surface area contributed by atoms with Crippen LogP contribution in [-0.4, -0.2) is 6.71 Å². The normalized spacial score (nSPS) is 14.4. The van der Waals surface area contributed by atoms with E-state index in [-0.39, 0.29) is 68.1 Å².